The molecule has 1 atom stereocenters. The van der Waals surface area contributed by atoms with Crippen molar-refractivity contribution in [3.05, 3.63) is 0 Å². The zero-order valence-electron chi connectivity index (χ0n) is 9.38. The molecule has 0 fully saturated rings. The standard InChI is InChI=1S/C10H22N2O2/c1-4-5-14-7-10(13)12-9(6-11)8(2)3/h8-9H,4-7,11H2,1-3H3,(H,12,13). The van der Waals surface area contributed by atoms with E-state index in [9.17, 15) is 4.79 Å². The first kappa shape index (κ1) is 13.4. The highest BCUT2D eigenvalue weighted by atomic mass is 16.5. The molecule has 0 aromatic carbocycles. The lowest BCUT2D eigenvalue weighted by atomic mass is 10.1. The molecule has 0 saturated carbocycles. The van der Waals surface area contributed by atoms with E-state index in [-0.39, 0.29) is 18.6 Å². The van der Waals surface area contributed by atoms with Gasteiger partial charge in [0.05, 0.1) is 0 Å². The molecule has 0 rings (SSSR count). The van der Waals surface area contributed by atoms with Gasteiger partial charge >= 0.3 is 0 Å². The molecule has 14 heavy (non-hydrogen) atoms. The third kappa shape index (κ3) is 5.94. The van der Waals surface area contributed by atoms with Gasteiger partial charge in [-0.15, -0.1) is 0 Å². The molecule has 0 heterocycles. The lowest BCUT2D eigenvalue weighted by Gasteiger charge is -2.20. The number of ether oxygens (including phenoxy) is 1. The second-order valence-electron chi connectivity index (χ2n) is 3.71. The fourth-order valence-electron chi connectivity index (χ4n) is 1.06. The first-order valence-corrected chi connectivity index (χ1v) is 5.19. The molecule has 0 bridgehead atoms. The molecule has 0 radical (unpaired) electrons. The Balaban J connectivity index is 3.68. The summed E-state index contributed by atoms with van der Waals surface area (Å²) < 4.78 is 5.12. The Kier molecular flexibility index (Phi) is 7.42. The topological polar surface area (TPSA) is 64.3 Å². The van der Waals surface area contributed by atoms with Gasteiger partial charge < -0.3 is 15.8 Å². The summed E-state index contributed by atoms with van der Waals surface area (Å²) in [5, 5.41) is 2.84. The van der Waals surface area contributed by atoms with Crippen molar-refractivity contribution in [1.29, 1.82) is 0 Å². The van der Waals surface area contributed by atoms with Crippen molar-refractivity contribution in [1.82, 2.24) is 5.32 Å². The number of hydrogen-bond acceptors (Lipinski definition) is 3. The summed E-state index contributed by atoms with van der Waals surface area (Å²) in [6.07, 6.45) is 0.928. The van der Waals surface area contributed by atoms with Gasteiger partial charge in [0.2, 0.25) is 5.91 Å². The fourth-order valence-corrected chi connectivity index (χ4v) is 1.06. The number of carbonyl (C=O) groups is 1. The van der Waals surface area contributed by atoms with Crippen LogP contribution in [0.4, 0.5) is 0 Å². The van der Waals surface area contributed by atoms with E-state index in [1.54, 1.807) is 0 Å². The summed E-state index contributed by atoms with van der Waals surface area (Å²) in [6, 6.07) is 0.0488. The molecule has 3 N–H and O–H groups in total. The van der Waals surface area contributed by atoms with Gasteiger partial charge in [0, 0.05) is 19.2 Å². The summed E-state index contributed by atoms with van der Waals surface area (Å²) in [5.74, 6) is 0.276. The molecule has 0 spiro atoms. The van der Waals surface area contributed by atoms with E-state index in [1.165, 1.54) is 0 Å². The number of carbonyl (C=O) groups excluding carboxylic acids is 1. The Morgan fingerprint density at radius 1 is 1.50 bits per heavy atom. The molecule has 1 unspecified atom stereocenters. The predicted octanol–water partition coefficient (Wildman–Crippen LogP) is 0.513. The summed E-state index contributed by atoms with van der Waals surface area (Å²) in [6.45, 7) is 7.31. The van der Waals surface area contributed by atoms with Gasteiger partial charge in [-0.2, -0.15) is 0 Å². The van der Waals surface area contributed by atoms with Crippen LogP contribution in [0, 0.1) is 5.92 Å². The van der Waals surface area contributed by atoms with Crippen molar-refractivity contribution in [3.8, 4) is 0 Å². The maximum absolute atomic E-state index is 11.3. The number of amides is 1. The Labute approximate surface area is 86.2 Å². The maximum atomic E-state index is 11.3. The number of nitrogens with one attached hydrogen (secondary N) is 1. The number of nitrogens with two attached hydrogens (primary N) is 1. The van der Waals surface area contributed by atoms with Gasteiger partial charge in [-0.05, 0) is 12.3 Å². The molecule has 84 valence electrons. The minimum atomic E-state index is -0.0809. The van der Waals surface area contributed by atoms with Crippen molar-refractivity contribution in [2.45, 2.75) is 33.2 Å². The van der Waals surface area contributed by atoms with Crippen LogP contribution in [0.3, 0.4) is 0 Å². The largest absolute Gasteiger partial charge is 0.372 e. The van der Waals surface area contributed by atoms with Crippen molar-refractivity contribution in [2.24, 2.45) is 11.7 Å². The van der Waals surface area contributed by atoms with E-state index >= 15 is 0 Å². The van der Waals surface area contributed by atoms with E-state index in [0.29, 0.717) is 19.1 Å². The quantitative estimate of drug-likeness (QED) is 0.591. The summed E-state index contributed by atoms with van der Waals surface area (Å²) in [5.41, 5.74) is 5.52. The van der Waals surface area contributed by atoms with Gasteiger partial charge in [0.25, 0.3) is 0 Å². The predicted molar refractivity (Wildman–Crippen MR) is 56.9 cm³/mol. The minimum absolute atomic E-state index is 0.0488. The summed E-state index contributed by atoms with van der Waals surface area (Å²) in [7, 11) is 0. The van der Waals surface area contributed by atoms with Crippen LogP contribution in [0.1, 0.15) is 27.2 Å². The highest BCUT2D eigenvalue weighted by Gasteiger charge is 2.13. The number of hydrogen-bond donors (Lipinski definition) is 2. The molecule has 4 heteroatoms. The van der Waals surface area contributed by atoms with Gasteiger partial charge in [0.1, 0.15) is 6.61 Å². The van der Waals surface area contributed by atoms with Crippen LogP contribution in [0.2, 0.25) is 0 Å². The summed E-state index contributed by atoms with van der Waals surface area (Å²) in [4.78, 5) is 11.3. The van der Waals surface area contributed by atoms with Crippen LogP contribution >= 0.6 is 0 Å². The fraction of sp³-hybridized carbons (Fsp3) is 0.900. The van der Waals surface area contributed by atoms with Crippen molar-refractivity contribution in [2.75, 3.05) is 19.8 Å². The van der Waals surface area contributed by atoms with Crippen LogP contribution in [0.15, 0.2) is 0 Å². The van der Waals surface area contributed by atoms with Crippen LogP contribution in [-0.2, 0) is 9.53 Å². The normalized spacial score (nSPS) is 12.9. The highest BCUT2D eigenvalue weighted by molar-refractivity contribution is 5.77. The smallest absolute Gasteiger partial charge is 0.246 e. The third-order valence-corrected chi connectivity index (χ3v) is 1.99. The lowest BCUT2D eigenvalue weighted by molar-refractivity contribution is -0.126. The van der Waals surface area contributed by atoms with Crippen molar-refractivity contribution in [3.63, 3.8) is 0 Å². The molecular formula is C10H22N2O2. The number of rotatable bonds is 7. The van der Waals surface area contributed by atoms with Gasteiger partial charge in [-0.1, -0.05) is 20.8 Å². The maximum Gasteiger partial charge on any atom is 0.246 e. The molecule has 4 nitrogen and oxygen atoms in total. The Morgan fingerprint density at radius 2 is 2.14 bits per heavy atom. The molecule has 0 aliphatic carbocycles. The molecule has 1 amide bonds. The van der Waals surface area contributed by atoms with Gasteiger partial charge in [-0.3, -0.25) is 4.79 Å². The second-order valence-corrected chi connectivity index (χ2v) is 3.71. The second kappa shape index (κ2) is 7.76. The van der Waals surface area contributed by atoms with Crippen molar-refractivity contribution >= 4 is 5.91 Å². The molecule has 0 aromatic heterocycles. The lowest BCUT2D eigenvalue weighted by Crippen LogP contribution is -2.45. The van der Waals surface area contributed by atoms with Crippen LogP contribution in [-0.4, -0.2) is 31.7 Å². The zero-order chi connectivity index (χ0) is 11.0. The first-order chi connectivity index (χ1) is 6.61. The Morgan fingerprint density at radius 3 is 2.57 bits per heavy atom. The first-order valence-electron chi connectivity index (χ1n) is 5.19. The molecule has 0 aromatic rings. The molecule has 0 saturated heterocycles. The monoisotopic (exact) mass is 202 g/mol. The van der Waals surface area contributed by atoms with Crippen molar-refractivity contribution < 1.29 is 9.53 Å². The van der Waals surface area contributed by atoms with E-state index in [0.717, 1.165) is 6.42 Å². The highest BCUT2D eigenvalue weighted by Crippen LogP contribution is 1.98. The SMILES string of the molecule is CCCOCC(=O)NC(CN)C(C)C. The van der Waals surface area contributed by atoms with Gasteiger partial charge in [0.15, 0.2) is 0 Å². The third-order valence-electron chi connectivity index (χ3n) is 1.99. The van der Waals surface area contributed by atoms with E-state index < -0.39 is 0 Å². The molecule has 0 aliphatic rings. The van der Waals surface area contributed by atoms with E-state index in [1.807, 2.05) is 20.8 Å². The Hall–Kier alpha value is -0.610. The minimum Gasteiger partial charge on any atom is -0.372 e. The Bertz CT molecular complexity index is 160. The molecular weight excluding hydrogens is 180 g/mol. The van der Waals surface area contributed by atoms with Crippen LogP contribution in [0.25, 0.3) is 0 Å². The average molecular weight is 202 g/mol. The van der Waals surface area contributed by atoms with E-state index in [2.05, 4.69) is 5.32 Å². The van der Waals surface area contributed by atoms with E-state index in [4.69, 9.17) is 10.5 Å². The van der Waals surface area contributed by atoms with Gasteiger partial charge in [-0.25, -0.2) is 0 Å². The zero-order valence-corrected chi connectivity index (χ0v) is 9.38. The van der Waals surface area contributed by atoms with Crippen LogP contribution < -0.4 is 11.1 Å². The molecule has 0 aliphatic heterocycles. The average Bonchev–Trinajstić information content (AvgIpc) is 2.14. The summed E-state index contributed by atoms with van der Waals surface area (Å²) >= 11 is 0. The van der Waals surface area contributed by atoms with Crippen LogP contribution in [0.5, 0.6) is 0 Å².